The molecule has 3 rings (SSSR count). The van der Waals surface area contributed by atoms with Crippen LogP contribution in [0.25, 0.3) is 11.3 Å². The lowest BCUT2D eigenvalue weighted by molar-refractivity contribution is -0.106. The van der Waals surface area contributed by atoms with Gasteiger partial charge in [-0.25, -0.2) is 15.0 Å². The second-order valence-electron chi connectivity index (χ2n) is 4.91. The zero-order valence-corrected chi connectivity index (χ0v) is 12.9. The number of hydrogen-bond acceptors (Lipinski definition) is 4. The number of aromatic nitrogens is 4. The Balaban J connectivity index is 0.000000545. The minimum atomic E-state index is 0.197. The number of hydrogen-bond donors (Lipinski definition) is 1. The van der Waals surface area contributed by atoms with Gasteiger partial charge in [0.25, 0.3) is 0 Å². The maximum Gasteiger partial charge on any atom is 0.204 e. The average molecular weight is 297 g/mol. The van der Waals surface area contributed by atoms with Crippen molar-refractivity contribution in [1.82, 2.24) is 19.5 Å². The summed E-state index contributed by atoms with van der Waals surface area (Å²) in [5.74, 6) is 0.942. The Morgan fingerprint density at radius 3 is 2.45 bits per heavy atom. The monoisotopic (exact) mass is 297 g/mol. The van der Waals surface area contributed by atoms with E-state index in [1.165, 1.54) is 5.56 Å². The van der Waals surface area contributed by atoms with Crippen LogP contribution in [0.3, 0.4) is 0 Å². The van der Waals surface area contributed by atoms with E-state index in [0.29, 0.717) is 0 Å². The van der Waals surface area contributed by atoms with E-state index in [2.05, 4.69) is 56.4 Å². The molecule has 0 spiro atoms. The number of carbonyl (C=O) groups excluding carboxylic acids is 1. The fraction of sp³-hybridized carbons (Fsp3) is 0.250. The van der Waals surface area contributed by atoms with Crippen molar-refractivity contribution in [2.75, 3.05) is 0 Å². The maximum absolute atomic E-state index is 8.58. The second-order valence-corrected chi connectivity index (χ2v) is 4.91. The largest absolute Gasteiger partial charge is 0.372 e. The molecule has 0 aliphatic rings. The summed E-state index contributed by atoms with van der Waals surface area (Å²) in [5, 5.41) is 0. The van der Waals surface area contributed by atoms with Crippen LogP contribution < -0.4 is 5.73 Å². The zero-order valence-electron chi connectivity index (χ0n) is 12.9. The molecule has 0 fully saturated rings. The van der Waals surface area contributed by atoms with Gasteiger partial charge in [-0.05, 0) is 26.3 Å². The fourth-order valence-electron chi connectivity index (χ4n) is 2.41. The Kier molecular flexibility index (Phi) is 4.83. The molecule has 2 aromatic heterocycles. The van der Waals surface area contributed by atoms with Crippen molar-refractivity contribution < 1.29 is 4.79 Å². The summed E-state index contributed by atoms with van der Waals surface area (Å²) in [4.78, 5) is 22.0. The number of amides is 1. The number of carbonyl (C=O) groups is 1. The predicted octanol–water partition coefficient (Wildman–Crippen LogP) is 2.15. The number of fused-ring (bicyclic) bond motifs is 1. The quantitative estimate of drug-likeness (QED) is 0.734. The first-order chi connectivity index (χ1) is 10.6. The van der Waals surface area contributed by atoms with Gasteiger partial charge in [-0.15, -0.1) is 0 Å². The first-order valence-electron chi connectivity index (χ1n) is 6.97. The molecular formula is C16H19N5O. The highest BCUT2D eigenvalue weighted by Crippen LogP contribution is 2.23. The lowest BCUT2D eigenvalue weighted by atomic mass is 10.1. The van der Waals surface area contributed by atoms with Crippen LogP contribution in [-0.2, 0) is 4.79 Å². The van der Waals surface area contributed by atoms with Gasteiger partial charge in [0.1, 0.15) is 5.82 Å². The molecule has 1 aromatic carbocycles. The van der Waals surface area contributed by atoms with Crippen molar-refractivity contribution in [1.29, 1.82) is 0 Å². The Bertz CT molecular complexity index is 767. The normalized spacial score (nSPS) is 11.6. The van der Waals surface area contributed by atoms with Crippen molar-refractivity contribution in [3.05, 3.63) is 53.6 Å². The number of primary amides is 1. The molecular weight excluding hydrogens is 278 g/mol. The standard InChI is InChI=1S/C15H16N4.CH3NO/c1-10-9-16-15-14(17-10)18-12(3)19(15)11(2)13-7-5-4-6-8-13;2-1-3/h4-9,11H,1-3H3;1H,(H2,2,3). The fourth-order valence-corrected chi connectivity index (χ4v) is 2.41. The molecule has 2 N–H and O–H groups in total. The van der Waals surface area contributed by atoms with E-state index in [1.807, 2.05) is 19.9 Å². The van der Waals surface area contributed by atoms with E-state index in [9.17, 15) is 0 Å². The van der Waals surface area contributed by atoms with Crippen LogP contribution in [0.15, 0.2) is 36.5 Å². The summed E-state index contributed by atoms with van der Waals surface area (Å²) in [6.45, 7) is 6.09. The number of benzene rings is 1. The summed E-state index contributed by atoms with van der Waals surface area (Å²) >= 11 is 0. The van der Waals surface area contributed by atoms with Crippen molar-refractivity contribution in [3.8, 4) is 0 Å². The van der Waals surface area contributed by atoms with Crippen molar-refractivity contribution in [2.45, 2.75) is 26.8 Å². The molecule has 3 aromatic rings. The Hall–Kier alpha value is -2.76. The molecule has 0 radical (unpaired) electrons. The van der Waals surface area contributed by atoms with Crippen LogP contribution in [0.1, 0.15) is 30.0 Å². The number of nitrogens with zero attached hydrogens (tertiary/aromatic N) is 4. The van der Waals surface area contributed by atoms with Crippen LogP contribution in [0, 0.1) is 13.8 Å². The zero-order chi connectivity index (χ0) is 16.1. The van der Waals surface area contributed by atoms with Crippen LogP contribution in [0.5, 0.6) is 0 Å². The molecule has 1 amide bonds. The number of aryl methyl sites for hydroxylation is 2. The number of rotatable bonds is 2. The first-order valence-corrected chi connectivity index (χ1v) is 6.97. The SMILES string of the molecule is Cc1cnc2c(n1)nc(C)n2C(C)c1ccccc1.NC=O. The minimum Gasteiger partial charge on any atom is -0.372 e. The van der Waals surface area contributed by atoms with Gasteiger partial charge in [-0.2, -0.15) is 0 Å². The van der Waals surface area contributed by atoms with E-state index in [4.69, 9.17) is 4.79 Å². The van der Waals surface area contributed by atoms with Gasteiger partial charge in [-0.1, -0.05) is 30.3 Å². The highest BCUT2D eigenvalue weighted by atomic mass is 16.1. The van der Waals surface area contributed by atoms with Gasteiger partial charge < -0.3 is 10.3 Å². The van der Waals surface area contributed by atoms with Gasteiger partial charge >= 0.3 is 0 Å². The molecule has 22 heavy (non-hydrogen) atoms. The van der Waals surface area contributed by atoms with E-state index in [-0.39, 0.29) is 12.5 Å². The van der Waals surface area contributed by atoms with Gasteiger partial charge in [-0.3, -0.25) is 4.79 Å². The summed E-state index contributed by atoms with van der Waals surface area (Å²) in [7, 11) is 0. The third-order valence-electron chi connectivity index (χ3n) is 3.37. The van der Waals surface area contributed by atoms with Crippen molar-refractivity contribution in [3.63, 3.8) is 0 Å². The van der Waals surface area contributed by atoms with Crippen LogP contribution in [-0.4, -0.2) is 25.9 Å². The highest BCUT2D eigenvalue weighted by molar-refractivity contribution is 5.67. The van der Waals surface area contributed by atoms with Crippen LogP contribution in [0.2, 0.25) is 0 Å². The van der Waals surface area contributed by atoms with Gasteiger partial charge in [0, 0.05) is 0 Å². The lowest BCUT2D eigenvalue weighted by Gasteiger charge is -2.16. The molecule has 0 bridgehead atoms. The smallest absolute Gasteiger partial charge is 0.204 e. The molecule has 6 heteroatoms. The lowest BCUT2D eigenvalue weighted by Crippen LogP contribution is -2.09. The summed E-state index contributed by atoms with van der Waals surface area (Å²) in [6.07, 6.45) is 2.04. The molecule has 2 heterocycles. The highest BCUT2D eigenvalue weighted by Gasteiger charge is 2.16. The van der Waals surface area contributed by atoms with Crippen LogP contribution in [0.4, 0.5) is 0 Å². The molecule has 6 nitrogen and oxygen atoms in total. The molecule has 0 aliphatic heterocycles. The summed E-state index contributed by atoms with van der Waals surface area (Å²) < 4.78 is 2.14. The van der Waals surface area contributed by atoms with Crippen molar-refractivity contribution in [2.24, 2.45) is 5.73 Å². The molecule has 114 valence electrons. The van der Waals surface area contributed by atoms with Crippen molar-refractivity contribution >= 4 is 17.7 Å². The number of imidazole rings is 1. The van der Waals surface area contributed by atoms with E-state index in [1.54, 1.807) is 6.20 Å². The van der Waals surface area contributed by atoms with Gasteiger partial charge in [0.2, 0.25) is 6.41 Å². The first kappa shape index (κ1) is 15.6. The molecule has 0 saturated heterocycles. The van der Waals surface area contributed by atoms with E-state index < -0.39 is 0 Å². The Labute approximate surface area is 129 Å². The second kappa shape index (κ2) is 6.80. The molecule has 1 atom stereocenters. The predicted molar refractivity (Wildman–Crippen MR) is 85.3 cm³/mol. The van der Waals surface area contributed by atoms with Gasteiger partial charge in [0.15, 0.2) is 11.3 Å². The Morgan fingerprint density at radius 2 is 1.82 bits per heavy atom. The van der Waals surface area contributed by atoms with E-state index in [0.717, 1.165) is 22.8 Å². The van der Waals surface area contributed by atoms with Gasteiger partial charge in [0.05, 0.1) is 17.9 Å². The maximum atomic E-state index is 8.58. The molecule has 0 aliphatic carbocycles. The third kappa shape index (κ3) is 3.11. The van der Waals surface area contributed by atoms with E-state index >= 15 is 0 Å². The topological polar surface area (TPSA) is 86.7 Å². The van der Waals surface area contributed by atoms with Crippen LogP contribution >= 0.6 is 0 Å². The number of nitrogens with two attached hydrogens (primary N) is 1. The minimum absolute atomic E-state index is 0.197. The third-order valence-corrected chi connectivity index (χ3v) is 3.37. The molecule has 1 unspecified atom stereocenters. The summed E-state index contributed by atoms with van der Waals surface area (Å²) in [5.41, 5.74) is 7.87. The average Bonchev–Trinajstić information content (AvgIpc) is 2.83. The summed E-state index contributed by atoms with van der Waals surface area (Å²) in [6, 6.07) is 10.6. The Morgan fingerprint density at radius 1 is 1.18 bits per heavy atom. The molecule has 0 saturated carbocycles.